The maximum Gasteiger partial charge on any atom is 0.196 e. The Hall–Kier alpha value is -2.60. The Kier molecular flexibility index (Phi) is 6.66. The van der Waals surface area contributed by atoms with Crippen molar-refractivity contribution in [3.8, 4) is 11.5 Å². The summed E-state index contributed by atoms with van der Waals surface area (Å²) in [5.41, 5.74) is 5.07. The van der Waals surface area contributed by atoms with Gasteiger partial charge in [-0.15, -0.1) is 0 Å². The number of nitrogens with zero attached hydrogens (tertiary/aromatic N) is 1. The van der Waals surface area contributed by atoms with Crippen LogP contribution in [0.1, 0.15) is 70.9 Å². The van der Waals surface area contributed by atoms with Gasteiger partial charge in [0.2, 0.25) is 0 Å². The molecule has 2 aromatic rings. The van der Waals surface area contributed by atoms with Gasteiger partial charge in [-0.1, -0.05) is 0 Å². The van der Waals surface area contributed by atoms with Crippen molar-refractivity contribution >= 4 is 11.6 Å². The number of nitrogens with one attached hydrogen (secondary N) is 1. The summed E-state index contributed by atoms with van der Waals surface area (Å²) in [7, 11) is 0. The van der Waals surface area contributed by atoms with E-state index in [0.717, 1.165) is 41.3 Å². The Morgan fingerprint density at radius 1 is 1.10 bits per heavy atom. The van der Waals surface area contributed by atoms with Gasteiger partial charge in [0.05, 0.1) is 24.9 Å². The van der Waals surface area contributed by atoms with Crippen LogP contribution in [0.3, 0.4) is 0 Å². The highest BCUT2D eigenvalue weighted by molar-refractivity contribution is 6.05. The third-order valence-corrected chi connectivity index (χ3v) is 5.87. The molecule has 0 aliphatic carbocycles. The number of H-pyrrole nitrogens is 1. The third-order valence-electron chi connectivity index (χ3n) is 5.87. The lowest BCUT2D eigenvalue weighted by atomic mass is 9.96. The van der Waals surface area contributed by atoms with Crippen LogP contribution in [-0.2, 0) is 13.0 Å². The zero-order chi connectivity index (χ0) is 22.0. The molecule has 1 atom stereocenters. The van der Waals surface area contributed by atoms with Gasteiger partial charge in [0.15, 0.2) is 23.1 Å². The first-order valence-corrected chi connectivity index (χ1v) is 10.7. The van der Waals surface area contributed by atoms with Gasteiger partial charge in [0, 0.05) is 24.3 Å². The second-order valence-electron chi connectivity index (χ2n) is 7.88. The minimum absolute atomic E-state index is 0.0162. The molecule has 1 aromatic carbocycles. The molecule has 6 nitrogen and oxygen atoms in total. The molecule has 3 rings (SSSR count). The van der Waals surface area contributed by atoms with Crippen molar-refractivity contribution in [1.82, 2.24) is 9.88 Å². The van der Waals surface area contributed by atoms with Gasteiger partial charge < -0.3 is 14.5 Å². The van der Waals surface area contributed by atoms with E-state index < -0.39 is 0 Å². The molecule has 0 fully saturated rings. The SMILES string of the molecule is CCOc1cc2c(cc1OCC)CN([C@@H](C)C(=O)c1[nH]c(C)c(C(C)=O)c1C)CC2. The van der Waals surface area contributed by atoms with Crippen molar-refractivity contribution in [3.63, 3.8) is 0 Å². The predicted octanol–water partition coefficient (Wildman–Crippen LogP) is 4.26. The van der Waals surface area contributed by atoms with Crippen molar-refractivity contribution in [1.29, 1.82) is 0 Å². The number of aryl methyl sites for hydroxylation is 1. The summed E-state index contributed by atoms with van der Waals surface area (Å²) in [4.78, 5) is 30.5. The van der Waals surface area contributed by atoms with Gasteiger partial charge >= 0.3 is 0 Å². The zero-order valence-corrected chi connectivity index (χ0v) is 18.8. The van der Waals surface area contributed by atoms with Crippen molar-refractivity contribution < 1.29 is 19.1 Å². The number of ketones is 2. The Morgan fingerprint density at radius 3 is 2.23 bits per heavy atom. The maximum absolute atomic E-state index is 13.2. The normalized spacial score (nSPS) is 14.9. The molecule has 30 heavy (non-hydrogen) atoms. The van der Waals surface area contributed by atoms with Gasteiger partial charge in [-0.3, -0.25) is 14.5 Å². The van der Waals surface area contributed by atoms with Crippen LogP contribution in [0.4, 0.5) is 0 Å². The fourth-order valence-corrected chi connectivity index (χ4v) is 4.35. The first-order chi connectivity index (χ1) is 14.3. The predicted molar refractivity (Wildman–Crippen MR) is 117 cm³/mol. The summed E-state index contributed by atoms with van der Waals surface area (Å²) >= 11 is 0. The number of benzene rings is 1. The van der Waals surface area contributed by atoms with Crippen LogP contribution in [0, 0.1) is 13.8 Å². The Morgan fingerprint density at radius 2 is 1.70 bits per heavy atom. The molecule has 1 aliphatic rings. The summed E-state index contributed by atoms with van der Waals surface area (Å²) in [6.07, 6.45) is 0.848. The van der Waals surface area contributed by atoms with Crippen LogP contribution in [0.25, 0.3) is 0 Å². The molecule has 0 spiro atoms. The zero-order valence-electron chi connectivity index (χ0n) is 18.8. The van der Waals surface area contributed by atoms with E-state index in [1.807, 2.05) is 40.7 Å². The Bertz CT molecular complexity index is 961. The summed E-state index contributed by atoms with van der Waals surface area (Å²) < 4.78 is 11.5. The van der Waals surface area contributed by atoms with Gasteiger partial charge in [0.25, 0.3) is 0 Å². The fourth-order valence-electron chi connectivity index (χ4n) is 4.35. The Labute approximate surface area is 178 Å². The van der Waals surface area contributed by atoms with E-state index in [0.29, 0.717) is 31.0 Å². The first kappa shape index (κ1) is 22.1. The van der Waals surface area contributed by atoms with E-state index in [1.165, 1.54) is 12.5 Å². The lowest BCUT2D eigenvalue weighted by Crippen LogP contribution is -2.42. The average molecular weight is 413 g/mol. The lowest BCUT2D eigenvalue weighted by molar-refractivity contribution is 0.0814. The van der Waals surface area contributed by atoms with E-state index in [9.17, 15) is 9.59 Å². The van der Waals surface area contributed by atoms with Crippen molar-refractivity contribution in [2.75, 3.05) is 19.8 Å². The highest BCUT2D eigenvalue weighted by Gasteiger charge is 2.30. The molecule has 0 bridgehead atoms. The molecule has 0 amide bonds. The summed E-state index contributed by atoms with van der Waals surface area (Å²) in [6, 6.07) is 3.83. The number of Topliss-reactive ketones (excluding diaryl/α,β-unsaturated/α-hetero) is 2. The van der Waals surface area contributed by atoms with Crippen LogP contribution in [0.15, 0.2) is 12.1 Å². The molecule has 0 radical (unpaired) electrons. The minimum Gasteiger partial charge on any atom is -0.490 e. The molecule has 1 aliphatic heterocycles. The van der Waals surface area contributed by atoms with E-state index in [1.54, 1.807) is 0 Å². The van der Waals surface area contributed by atoms with Crippen LogP contribution in [0.2, 0.25) is 0 Å². The summed E-state index contributed by atoms with van der Waals surface area (Å²) in [5.74, 6) is 1.53. The number of hydrogen-bond donors (Lipinski definition) is 1. The molecule has 0 unspecified atom stereocenters. The van der Waals surface area contributed by atoms with Crippen LogP contribution in [0.5, 0.6) is 11.5 Å². The van der Waals surface area contributed by atoms with Crippen LogP contribution >= 0.6 is 0 Å². The molecule has 0 saturated carbocycles. The maximum atomic E-state index is 13.2. The van der Waals surface area contributed by atoms with Gasteiger partial charge in [-0.2, -0.15) is 0 Å². The number of carbonyl (C=O) groups is 2. The van der Waals surface area contributed by atoms with E-state index in [-0.39, 0.29) is 17.6 Å². The smallest absolute Gasteiger partial charge is 0.196 e. The number of rotatable bonds is 8. The van der Waals surface area contributed by atoms with Gasteiger partial charge in [-0.05, 0) is 76.8 Å². The fraction of sp³-hybridized carbons (Fsp3) is 0.500. The van der Waals surface area contributed by atoms with E-state index in [4.69, 9.17) is 9.47 Å². The van der Waals surface area contributed by atoms with Gasteiger partial charge in [-0.25, -0.2) is 0 Å². The molecule has 162 valence electrons. The average Bonchev–Trinajstić information content (AvgIpc) is 3.01. The summed E-state index contributed by atoms with van der Waals surface area (Å²) in [6.45, 7) is 13.7. The topological polar surface area (TPSA) is 71.6 Å². The highest BCUT2D eigenvalue weighted by Crippen LogP contribution is 2.34. The molecule has 2 heterocycles. The van der Waals surface area contributed by atoms with Crippen LogP contribution < -0.4 is 9.47 Å². The van der Waals surface area contributed by atoms with Crippen molar-refractivity contribution in [2.45, 2.75) is 60.5 Å². The largest absolute Gasteiger partial charge is 0.490 e. The number of carbonyl (C=O) groups excluding carboxylic acids is 2. The molecule has 0 saturated heterocycles. The van der Waals surface area contributed by atoms with Gasteiger partial charge in [0.1, 0.15) is 0 Å². The first-order valence-electron chi connectivity index (χ1n) is 10.7. The van der Waals surface area contributed by atoms with Crippen LogP contribution in [-0.4, -0.2) is 47.3 Å². The van der Waals surface area contributed by atoms with E-state index in [2.05, 4.69) is 16.0 Å². The number of ether oxygens (including phenoxy) is 2. The minimum atomic E-state index is -0.295. The third kappa shape index (κ3) is 4.15. The van der Waals surface area contributed by atoms with Crippen molar-refractivity contribution in [2.24, 2.45) is 0 Å². The number of aromatic amines is 1. The summed E-state index contributed by atoms with van der Waals surface area (Å²) in [5, 5.41) is 0. The monoisotopic (exact) mass is 412 g/mol. The standard InChI is InChI=1S/C24H32N2O4/c1-7-29-20-11-18-9-10-26(13-19(18)12-21(20)30-8-2)16(5)24(28)23-14(3)22(17(6)27)15(4)25-23/h11-12,16,25H,7-10,13H2,1-6H3/t16-/m0/s1. The molecule has 1 N–H and O–H groups in total. The van der Waals surface area contributed by atoms with E-state index >= 15 is 0 Å². The highest BCUT2D eigenvalue weighted by atomic mass is 16.5. The lowest BCUT2D eigenvalue weighted by Gasteiger charge is -2.33. The molecular weight excluding hydrogens is 380 g/mol. The second-order valence-corrected chi connectivity index (χ2v) is 7.88. The number of fused-ring (bicyclic) bond motifs is 1. The number of hydrogen-bond acceptors (Lipinski definition) is 5. The molecule has 6 heteroatoms. The second kappa shape index (κ2) is 9.04. The molecular formula is C24H32N2O4. The van der Waals surface area contributed by atoms with Crippen molar-refractivity contribution in [3.05, 3.63) is 45.8 Å². The molecule has 1 aromatic heterocycles. The Balaban J connectivity index is 1.84. The quantitative estimate of drug-likeness (QED) is 0.656. The number of aromatic nitrogens is 1.